The van der Waals surface area contributed by atoms with Crippen LogP contribution in [-0.2, 0) is 5.41 Å². The normalized spacial score (nSPS) is 21.8. The van der Waals surface area contributed by atoms with Crippen molar-refractivity contribution in [2.75, 3.05) is 6.61 Å². The molecule has 3 nitrogen and oxygen atoms in total. The van der Waals surface area contributed by atoms with E-state index >= 15 is 0 Å². The number of ether oxygens (including phenoxy) is 1. The molecular formula is C17H14FNO2. The third-order valence-electron chi connectivity index (χ3n) is 3.95. The molecule has 106 valence electrons. The number of nitrogens with zero attached hydrogens (tertiary/aromatic N) is 1. The summed E-state index contributed by atoms with van der Waals surface area (Å²) in [5, 5.41) is 20.5. The van der Waals surface area contributed by atoms with Crippen molar-refractivity contribution >= 4 is 0 Å². The Morgan fingerprint density at radius 3 is 2.81 bits per heavy atom. The minimum atomic E-state index is -1.12. The number of aliphatic hydroxyl groups excluding tert-OH is 1. The lowest BCUT2D eigenvalue weighted by Crippen LogP contribution is -2.37. The van der Waals surface area contributed by atoms with Crippen LogP contribution in [0.5, 0.6) is 5.75 Å². The van der Waals surface area contributed by atoms with Crippen LogP contribution in [0.3, 0.4) is 0 Å². The maximum atomic E-state index is 13.4. The number of aliphatic hydroxyl groups is 1. The predicted octanol–water partition coefficient (Wildman–Crippen LogP) is 3.10. The van der Waals surface area contributed by atoms with Gasteiger partial charge in [0.2, 0.25) is 0 Å². The molecule has 21 heavy (non-hydrogen) atoms. The molecule has 0 amide bonds. The van der Waals surface area contributed by atoms with Crippen molar-refractivity contribution in [2.45, 2.75) is 17.9 Å². The van der Waals surface area contributed by atoms with Gasteiger partial charge in [0, 0.05) is 12.0 Å². The van der Waals surface area contributed by atoms with Crippen LogP contribution < -0.4 is 4.74 Å². The summed E-state index contributed by atoms with van der Waals surface area (Å²) in [7, 11) is 0. The summed E-state index contributed by atoms with van der Waals surface area (Å²) >= 11 is 0. The average molecular weight is 283 g/mol. The summed E-state index contributed by atoms with van der Waals surface area (Å²) in [6.45, 7) is 0.344. The molecule has 1 heterocycles. The molecule has 0 spiro atoms. The minimum Gasteiger partial charge on any atom is -0.493 e. The zero-order valence-corrected chi connectivity index (χ0v) is 11.3. The van der Waals surface area contributed by atoms with Gasteiger partial charge in [0.25, 0.3) is 0 Å². The smallest absolute Gasteiger partial charge is 0.124 e. The maximum absolute atomic E-state index is 13.4. The lowest BCUT2D eigenvalue weighted by Gasteiger charge is -2.37. The average Bonchev–Trinajstić information content (AvgIpc) is 2.53. The van der Waals surface area contributed by atoms with Crippen molar-refractivity contribution < 1.29 is 14.2 Å². The summed E-state index contributed by atoms with van der Waals surface area (Å²) in [5.74, 6) is 0.167. The monoisotopic (exact) mass is 283 g/mol. The van der Waals surface area contributed by atoms with Gasteiger partial charge in [0.15, 0.2) is 0 Å². The Balaban J connectivity index is 2.12. The molecule has 0 aromatic heterocycles. The van der Waals surface area contributed by atoms with Crippen LogP contribution in [0, 0.1) is 17.1 Å². The fourth-order valence-electron chi connectivity index (χ4n) is 2.84. The van der Waals surface area contributed by atoms with Gasteiger partial charge in [-0.1, -0.05) is 30.3 Å². The zero-order chi connectivity index (χ0) is 14.9. The van der Waals surface area contributed by atoms with Crippen molar-refractivity contribution in [3.63, 3.8) is 0 Å². The van der Waals surface area contributed by atoms with E-state index in [0.717, 1.165) is 0 Å². The molecular weight excluding hydrogens is 269 g/mol. The highest BCUT2D eigenvalue weighted by Crippen LogP contribution is 2.46. The summed E-state index contributed by atoms with van der Waals surface area (Å²) in [4.78, 5) is 0. The second-order valence-corrected chi connectivity index (χ2v) is 5.14. The fourth-order valence-corrected chi connectivity index (χ4v) is 2.84. The largest absolute Gasteiger partial charge is 0.493 e. The zero-order valence-electron chi connectivity index (χ0n) is 11.3. The van der Waals surface area contributed by atoms with Gasteiger partial charge >= 0.3 is 0 Å². The quantitative estimate of drug-likeness (QED) is 0.921. The van der Waals surface area contributed by atoms with E-state index in [4.69, 9.17) is 4.74 Å². The molecule has 0 fully saturated rings. The van der Waals surface area contributed by atoms with E-state index in [2.05, 4.69) is 6.07 Å². The van der Waals surface area contributed by atoms with E-state index < -0.39 is 17.3 Å². The Morgan fingerprint density at radius 2 is 2.05 bits per heavy atom. The Labute approximate surface area is 122 Å². The van der Waals surface area contributed by atoms with Crippen LogP contribution in [0.25, 0.3) is 0 Å². The van der Waals surface area contributed by atoms with Gasteiger partial charge in [-0.15, -0.1) is 0 Å². The molecule has 0 saturated carbocycles. The van der Waals surface area contributed by atoms with Crippen LogP contribution in [0.1, 0.15) is 23.7 Å². The topological polar surface area (TPSA) is 53.2 Å². The van der Waals surface area contributed by atoms with Crippen molar-refractivity contribution in [2.24, 2.45) is 0 Å². The molecule has 2 aromatic rings. The number of rotatable bonds is 2. The Morgan fingerprint density at radius 1 is 1.24 bits per heavy atom. The van der Waals surface area contributed by atoms with Gasteiger partial charge < -0.3 is 9.84 Å². The summed E-state index contributed by atoms with van der Waals surface area (Å²) in [6, 6.07) is 15.2. The predicted molar refractivity (Wildman–Crippen MR) is 75.2 cm³/mol. The van der Waals surface area contributed by atoms with E-state index in [1.165, 1.54) is 18.2 Å². The Bertz CT molecular complexity index is 710. The van der Waals surface area contributed by atoms with E-state index in [-0.39, 0.29) is 0 Å². The van der Waals surface area contributed by atoms with Crippen molar-refractivity contribution in [1.82, 2.24) is 0 Å². The Hall–Kier alpha value is -2.38. The Kier molecular flexibility index (Phi) is 3.36. The molecule has 0 aliphatic carbocycles. The minimum absolute atomic E-state index is 0.344. The van der Waals surface area contributed by atoms with Crippen LogP contribution in [-0.4, -0.2) is 11.7 Å². The van der Waals surface area contributed by atoms with Crippen molar-refractivity contribution in [3.05, 3.63) is 65.5 Å². The summed E-state index contributed by atoms with van der Waals surface area (Å²) in [6.07, 6.45) is -0.749. The van der Waals surface area contributed by atoms with Crippen molar-refractivity contribution in [1.29, 1.82) is 5.26 Å². The first-order valence-electron chi connectivity index (χ1n) is 6.74. The first kappa shape index (κ1) is 13.6. The molecule has 2 aromatic carbocycles. The van der Waals surface area contributed by atoms with E-state index in [9.17, 15) is 14.8 Å². The molecule has 1 aliphatic rings. The molecule has 1 aliphatic heterocycles. The number of nitriles is 1. The molecule has 0 radical (unpaired) electrons. The standard InChI is InChI=1S/C17H14FNO2/c18-13-5-3-4-12(10-13)16(20)17(11-19)8-9-21-15-7-2-1-6-14(15)17/h1-7,10,16,20H,8-9H2. The number of halogens is 1. The molecule has 2 unspecified atom stereocenters. The third kappa shape index (κ3) is 2.16. The molecule has 0 bridgehead atoms. The van der Waals surface area contributed by atoms with Crippen LogP contribution in [0.4, 0.5) is 4.39 Å². The first-order chi connectivity index (χ1) is 10.2. The van der Waals surface area contributed by atoms with Gasteiger partial charge in [0.1, 0.15) is 23.1 Å². The number of hydrogen-bond acceptors (Lipinski definition) is 3. The highest BCUT2D eigenvalue weighted by molar-refractivity contribution is 5.48. The van der Waals surface area contributed by atoms with Gasteiger partial charge in [0.05, 0.1) is 12.7 Å². The number of benzene rings is 2. The second-order valence-electron chi connectivity index (χ2n) is 5.14. The van der Waals surface area contributed by atoms with E-state index in [1.807, 2.05) is 6.07 Å². The number of para-hydroxylation sites is 1. The second kappa shape index (κ2) is 5.19. The number of fused-ring (bicyclic) bond motifs is 1. The SMILES string of the molecule is N#CC1(C(O)c2cccc(F)c2)CCOc2ccccc21. The van der Waals surface area contributed by atoms with Crippen LogP contribution >= 0.6 is 0 Å². The lowest BCUT2D eigenvalue weighted by atomic mass is 9.71. The molecule has 2 atom stereocenters. The van der Waals surface area contributed by atoms with E-state index in [0.29, 0.717) is 29.9 Å². The summed E-state index contributed by atoms with van der Waals surface area (Å²) in [5.41, 5.74) is -0.0772. The molecule has 3 rings (SSSR count). The fraction of sp³-hybridized carbons (Fsp3) is 0.235. The van der Waals surface area contributed by atoms with Crippen LogP contribution in [0.15, 0.2) is 48.5 Å². The maximum Gasteiger partial charge on any atom is 0.124 e. The molecule has 0 saturated heterocycles. The number of hydrogen-bond donors (Lipinski definition) is 1. The van der Waals surface area contributed by atoms with Gasteiger partial charge in [-0.2, -0.15) is 5.26 Å². The van der Waals surface area contributed by atoms with Gasteiger partial charge in [-0.3, -0.25) is 0 Å². The molecule has 4 heteroatoms. The van der Waals surface area contributed by atoms with Gasteiger partial charge in [-0.25, -0.2) is 4.39 Å². The molecule has 1 N–H and O–H groups in total. The summed E-state index contributed by atoms with van der Waals surface area (Å²) < 4.78 is 19.0. The highest BCUT2D eigenvalue weighted by Gasteiger charge is 2.45. The first-order valence-corrected chi connectivity index (χ1v) is 6.74. The van der Waals surface area contributed by atoms with Crippen LogP contribution in [0.2, 0.25) is 0 Å². The van der Waals surface area contributed by atoms with E-state index in [1.54, 1.807) is 24.3 Å². The third-order valence-corrected chi connectivity index (χ3v) is 3.95. The highest BCUT2D eigenvalue weighted by atomic mass is 19.1. The lowest BCUT2D eigenvalue weighted by molar-refractivity contribution is 0.0804. The van der Waals surface area contributed by atoms with Crippen molar-refractivity contribution in [3.8, 4) is 11.8 Å². The van der Waals surface area contributed by atoms with Gasteiger partial charge in [-0.05, 0) is 23.8 Å².